The summed E-state index contributed by atoms with van der Waals surface area (Å²) in [5, 5.41) is 0. The van der Waals surface area contributed by atoms with Crippen molar-refractivity contribution in [1.82, 2.24) is 0 Å². The fourth-order valence-electron chi connectivity index (χ4n) is 5.02. The summed E-state index contributed by atoms with van der Waals surface area (Å²) in [4.78, 5) is 0. The van der Waals surface area contributed by atoms with Crippen molar-refractivity contribution in [3.8, 4) is 28.7 Å². The molecule has 0 aliphatic carbocycles. The van der Waals surface area contributed by atoms with Gasteiger partial charge in [-0.15, -0.1) is 0 Å². The molecule has 4 aliphatic heterocycles. The third kappa shape index (κ3) is 2.68. The molecule has 0 amide bonds. The molecular formula is C26H26O5. The largest absolute Gasteiger partial charge is 0.495 e. The summed E-state index contributed by atoms with van der Waals surface area (Å²) in [6.07, 6.45) is 8.20. The van der Waals surface area contributed by atoms with Gasteiger partial charge in [-0.05, 0) is 58.1 Å². The molecule has 5 heteroatoms. The lowest BCUT2D eigenvalue weighted by Crippen LogP contribution is -2.29. The Morgan fingerprint density at radius 3 is 2.26 bits per heavy atom. The van der Waals surface area contributed by atoms with Crippen molar-refractivity contribution in [3.05, 3.63) is 52.6 Å². The summed E-state index contributed by atoms with van der Waals surface area (Å²) in [5.41, 5.74) is 3.40. The van der Waals surface area contributed by atoms with Gasteiger partial charge in [-0.1, -0.05) is 6.08 Å². The van der Waals surface area contributed by atoms with Crippen LogP contribution in [0.2, 0.25) is 0 Å². The molecule has 0 radical (unpaired) electrons. The van der Waals surface area contributed by atoms with E-state index in [1.807, 2.05) is 32.0 Å². The average molecular weight is 418 g/mol. The second-order valence-electron chi connectivity index (χ2n) is 9.66. The molecule has 31 heavy (non-hydrogen) atoms. The van der Waals surface area contributed by atoms with E-state index in [1.165, 1.54) is 0 Å². The van der Waals surface area contributed by atoms with Crippen molar-refractivity contribution in [2.45, 2.75) is 50.9 Å². The van der Waals surface area contributed by atoms with Gasteiger partial charge in [0.15, 0.2) is 0 Å². The maximum atomic E-state index is 6.52. The van der Waals surface area contributed by atoms with Crippen molar-refractivity contribution in [2.75, 3.05) is 13.7 Å². The van der Waals surface area contributed by atoms with Gasteiger partial charge in [-0.3, -0.25) is 0 Å². The van der Waals surface area contributed by atoms with Crippen LogP contribution in [0.25, 0.3) is 12.2 Å². The quantitative estimate of drug-likeness (QED) is 0.597. The van der Waals surface area contributed by atoms with E-state index in [4.69, 9.17) is 23.7 Å². The van der Waals surface area contributed by atoms with Gasteiger partial charge in [0.2, 0.25) is 0 Å². The third-order valence-electron chi connectivity index (χ3n) is 6.44. The fraction of sp³-hybridized carbons (Fsp3) is 0.385. The molecule has 0 saturated carbocycles. The Bertz CT molecular complexity index is 1170. The highest BCUT2D eigenvalue weighted by Crippen LogP contribution is 2.58. The molecule has 0 saturated heterocycles. The molecule has 2 atom stereocenters. The van der Waals surface area contributed by atoms with Gasteiger partial charge >= 0.3 is 0 Å². The normalized spacial score (nSPS) is 24.8. The lowest BCUT2D eigenvalue weighted by Gasteiger charge is -2.34. The van der Waals surface area contributed by atoms with Crippen LogP contribution in [0.1, 0.15) is 62.0 Å². The van der Waals surface area contributed by atoms with Crippen LogP contribution in [0.15, 0.2) is 30.4 Å². The van der Waals surface area contributed by atoms with Gasteiger partial charge in [0, 0.05) is 17.2 Å². The first-order valence-electron chi connectivity index (χ1n) is 10.7. The van der Waals surface area contributed by atoms with Crippen LogP contribution in [-0.2, 0) is 0 Å². The molecule has 160 valence electrons. The Morgan fingerprint density at radius 2 is 1.52 bits per heavy atom. The summed E-state index contributed by atoms with van der Waals surface area (Å²) >= 11 is 0. The topological polar surface area (TPSA) is 46.2 Å². The molecule has 4 heterocycles. The highest BCUT2D eigenvalue weighted by molar-refractivity contribution is 5.75. The second-order valence-corrected chi connectivity index (χ2v) is 9.66. The predicted octanol–water partition coefficient (Wildman–Crippen LogP) is 5.67. The Kier molecular flexibility index (Phi) is 3.61. The van der Waals surface area contributed by atoms with Gasteiger partial charge in [0.05, 0.1) is 30.8 Å². The highest BCUT2D eigenvalue weighted by atomic mass is 16.5. The minimum atomic E-state index is -0.372. The highest BCUT2D eigenvalue weighted by Gasteiger charge is 2.46. The lowest BCUT2D eigenvalue weighted by molar-refractivity contribution is 0.130. The SMILES string of the molecule is COc1c2c(cc3c1[C@@H]1Oc4ccc5c(c4[C@@H]1CO3)C=CC(C)(C)O5)OC(C)(C)C=C2. The first kappa shape index (κ1) is 18.7. The van der Waals surface area contributed by atoms with E-state index in [2.05, 4.69) is 38.2 Å². The number of rotatable bonds is 1. The molecular weight excluding hydrogens is 392 g/mol. The zero-order chi connectivity index (χ0) is 21.5. The number of methoxy groups -OCH3 is 1. The van der Waals surface area contributed by atoms with Gasteiger partial charge in [0.1, 0.15) is 46.1 Å². The average Bonchev–Trinajstić information content (AvgIpc) is 3.09. The van der Waals surface area contributed by atoms with E-state index < -0.39 is 0 Å². The number of ether oxygens (including phenoxy) is 5. The summed E-state index contributed by atoms with van der Waals surface area (Å²) in [6, 6.07) is 5.99. The number of fused-ring (bicyclic) bond motifs is 8. The predicted molar refractivity (Wildman–Crippen MR) is 119 cm³/mol. The number of benzene rings is 2. The molecule has 0 aromatic heterocycles. The summed E-state index contributed by atoms with van der Waals surface area (Å²) < 4.78 is 31.1. The van der Waals surface area contributed by atoms with Crippen LogP contribution in [0.5, 0.6) is 28.7 Å². The lowest BCUT2D eigenvalue weighted by atomic mass is 9.84. The molecule has 0 fully saturated rings. The van der Waals surface area contributed by atoms with Crippen LogP contribution in [0.4, 0.5) is 0 Å². The zero-order valence-electron chi connectivity index (χ0n) is 18.4. The van der Waals surface area contributed by atoms with Crippen molar-refractivity contribution in [1.29, 1.82) is 0 Å². The molecule has 0 unspecified atom stereocenters. The van der Waals surface area contributed by atoms with Crippen LogP contribution in [-0.4, -0.2) is 24.9 Å². The zero-order valence-corrected chi connectivity index (χ0v) is 18.4. The van der Waals surface area contributed by atoms with E-state index in [0.29, 0.717) is 6.61 Å². The second kappa shape index (κ2) is 6.00. The molecule has 5 nitrogen and oxygen atoms in total. The first-order valence-corrected chi connectivity index (χ1v) is 10.7. The van der Waals surface area contributed by atoms with Crippen LogP contribution in [0, 0.1) is 0 Å². The molecule has 2 aromatic rings. The van der Waals surface area contributed by atoms with Crippen LogP contribution < -0.4 is 23.7 Å². The molecule has 0 N–H and O–H groups in total. The van der Waals surface area contributed by atoms with Crippen LogP contribution in [0.3, 0.4) is 0 Å². The van der Waals surface area contributed by atoms with E-state index >= 15 is 0 Å². The van der Waals surface area contributed by atoms with Crippen molar-refractivity contribution < 1.29 is 23.7 Å². The maximum Gasteiger partial charge on any atom is 0.141 e. The summed E-state index contributed by atoms with van der Waals surface area (Å²) in [6.45, 7) is 8.71. The molecule has 6 rings (SSSR count). The van der Waals surface area contributed by atoms with E-state index in [9.17, 15) is 0 Å². The first-order chi connectivity index (χ1) is 14.8. The fourth-order valence-corrected chi connectivity index (χ4v) is 5.02. The van der Waals surface area contributed by atoms with Gasteiger partial charge in [-0.2, -0.15) is 0 Å². The van der Waals surface area contributed by atoms with Gasteiger partial charge < -0.3 is 23.7 Å². The van der Waals surface area contributed by atoms with E-state index in [0.717, 1.165) is 51.0 Å². The molecule has 0 bridgehead atoms. The Balaban J connectivity index is 1.48. The Labute approximate surface area is 182 Å². The summed E-state index contributed by atoms with van der Waals surface area (Å²) in [5.74, 6) is 4.11. The van der Waals surface area contributed by atoms with Crippen molar-refractivity contribution in [3.63, 3.8) is 0 Å². The monoisotopic (exact) mass is 418 g/mol. The van der Waals surface area contributed by atoms with Crippen molar-refractivity contribution in [2.24, 2.45) is 0 Å². The third-order valence-corrected chi connectivity index (χ3v) is 6.44. The van der Waals surface area contributed by atoms with E-state index in [-0.39, 0.29) is 23.2 Å². The van der Waals surface area contributed by atoms with Crippen molar-refractivity contribution >= 4 is 12.2 Å². The van der Waals surface area contributed by atoms with E-state index in [1.54, 1.807) is 7.11 Å². The molecule has 0 spiro atoms. The molecule has 2 aromatic carbocycles. The van der Waals surface area contributed by atoms with Gasteiger partial charge in [-0.25, -0.2) is 0 Å². The van der Waals surface area contributed by atoms with Crippen LogP contribution >= 0.6 is 0 Å². The minimum absolute atomic E-state index is 0.0591. The number of hydrogen-bond donors (Lipinski definition) is 0. The maximum absolute atomic E-state index is 6.52. The summed E-state index contributed by atoms with van der Waals surface area (Å²) in [7, 11) is 1.69. The smallest absolute Gasteiger partial charge is 0.141 e. The minimum Gasteiger partial charge on any atom is -0.495 e. The van der Waals surface area contributed by atoms with Gasteiger partial charge in [0.25, 0.3) is 0 Å². The number of hydrogen-bond acceptors (Lipinski definition) is 5. The molecule has 4 aliphatic rings. The Hall–Kier alpha value is -3.08. The Morgan fingerprint density at radius 1 is 0.839 bits per heavy atom. The standard InChI is InChI=1S/C26H26O5/c1-25(2)10-8-14-17(30-25)6-7-18-21(14)16-13-28-20-12-19-15(9-11-26(3,4)31-19)23(27-5)22(20)24(16)29-18/h6-12,16,24H,13H2,1-5H3/t16-,24+/m0/s1.